The lowest BCUT2D eigenvalue weighted by atomic mass is 10.0. The standard InChI is InChI=1S/C20H26N2O2/c1-15(12-19(23)17-9-5-4-6-10-17)21-20(24)18-11-7-8-16(13-18)14-22(2)3/h4-11,13,15,19,23H,12,14H2,1-3H3,(H,21,24). The van der Waals surface area contributed by atoms with Crippen molar-refractivity contribution in [2.75, 3.05) is 14.1 Å². The molecule has 0 radical (unpaired) electrons. The molecule has 0 heterocycles. The number of carbonyl (C=O) groups is 1. The predicted molar refractivity (Wildman–Crippen MR) is 96.8 cm³/mol. The van der Waals surface area contributed by atoms with Crippen LogP contribution in [0.5, 0.6) is 0 Å². The van der Waals surface area contributed by atoms with Crippen LogP contribution in [-0.4, -0.2) is 36.1 Å². The van der Waals surface area contributed by atoms with Gasteiger partial charge >= 0.3 is 0 Å². The van der Waals surface area contributed by atoms with Gasteiger partial charge in [0.1, 0.15) is 0 Å². The second-order valence-electron chi connectivity index (χ2n) is 6.47. The molecule has 0 aromatic heterocycles. The number of amides is 1. The SMILES string of the molecule is CC(CC(O)c1ccccc1)NC(=O)c1cccc(CN(C)C)c1. The third kappa shape index (κ3) is 5.48. The normalized spacial score (nSPS) is 13.5. The summed E-state index contributed by atoms with van der Waals surface area (Å²) in [6.07, 6.45) is -0.103. The summed E-state index contributed by atoms with van der Waals surface area (Å²) in [5.41, 5.74) is 2.62. The Balaban J connectivity index is 1.94. The predicted octanol–water partition coefficient (Wildman–Crippen LogP) is 2.99. The van der Waals surface area contributed by atoms with Gasteiger partial charge in [-0.15, -0.1) is 0 Å². The molecule has 0 fully saturated rings. The van der Waals surface area contributed by atoms with E-state index in [2.05, 4.69) is 10.2 Å². The summed E-state index contributed by atoms with van der Waals surface area (Å²) >= 11 is 0. The van der Waals surface area contributed by atoms with Crippen molar-refractivity contribution >= 4 is 5.91 Å². The second kappa shape index (κ2) is 8.62. The van der Waals surface area contributed by atoms with E-state index in [9.17, 15) is 9.90 Å². The number of carbonyl (C=O) groups excluding carboxylic acids is 1. The summed E-state index contributed by atoms with van der Waals surface area (Å²) in [7, 11) is 4.00. The lowest BCUT2D eigenvalue weighted by Gasteiger charge is -2.18. The van der Waals surface area contributed by atoms with Crippen LogP contribution in [0.15, 0.2) is 54.6 Å². The van der Waals surface area contributed by atoms with Crippen LogP contribution in [0.1, 0.15) is 40.9 Å². The number of nitrogens with zero attached hydrogens (tertiary/aromatic N) is 1. The van der Waals surface area contributed by atoms with Crippen molar-refractivity contribution in [1.82, 2.24) is 10.2 Å². The Labute approximate surface area is 144 Å². The Kier molecular flexibility index (Phi) is 6.53. The van der Waals surface area contributed by atoms with Crippen LogP contribution in [0.4, 0.5) is 0 Å². The van der Waals surface area contributed by atoms with Gasteiger partial charge in [-0.25, -0.2) is 0 Å². The van der Waals surface area contributed by atoms with Crippen molar-refractivity contribution < 1.29 is 9.90 Å². The molecule has 2 rings (SSSR count). The first-order valence-electron chi connectivity index (χ1n) is 8.23. The molecule has 0 aliphatic heterocycles. The van der Waals surface area contributed by atoms with Crippen LogP contribution in [0.3, 0.4) is 0 Å². The molecule has 0 bridgehead atoms. The highest BCUT2D eigenvalue weighted by Gasteiger charge is 2.15. The number of aliphatic hydroxyl groups is 1. The number of benzene rings is 2. The largest absolute Gasteiger partial charge is 0.388 e. The zero-order valence-corrected chi connectivity index (χ0v) is 14.6. The number of aliphatic hydroxyl groups excluding tert-OH is 1. The average molecular weight is 326 g/mol. The molecule has 2 aromatic carbocycles. The van der Waals surface area contributed by atoms with E-state index < -0.39 is 6.10 Å². The smallest absolute Gasteiger partial charge is 0.251 e. The molecule has 4 heteroatoms. The maximum absolute atomic E-state index is 12.4. The van der Waals surface area contributed by atoms with Gasteiger partial charge in [0.05, 0.1) is 6.10 Å². The van der Waals surface area contributed by atoms with Gasteiger partial charge in [0.15, 0.2) is 0 Å². The van der Waals surface area contributed by atoms with E-state index in [0.29, 0.717) is 12.0 Å². The summed E-state index contributed by atoms with van der Waals surface area (Å²) in [4.78, 5) is 14.5. The van der Waals surface area contributed by atoms with Gasteiger partial charge in [-0.1, -0.05) is 42.5 Å². The quantitative estimate of drug-likeness (QED) is 0.822. The van der Waals surface area contributed by atoms with Gasteiger partial charge < -0.3 is 15.3 Å². The molecular weight excluding hydrogens is 300 g/mol. The lowest BCUT2D eigenvalue weighted by molar-refractivity contribution is 0.0917. The summed E-state index contributed by atoms with van der Waals surface area (Å²) in [5, 5.41) is 13.2. The first-order valence-corrected chi connectivity index (χ1v) is 8.23. The molecule has 2 aromatic rings. The minimum atomic E-state index is -0.582. The minimum absolute atomic E-state index is 0.108. The van der Waals surface area contributed by atoms with E-state index in [1.165, 1.54) is 0 Å². The lowest BCUT2D eigenvalue weighted by Crippen LogP contribution is -2.33. The first kappa shape index (κ1) is 18.2. The molecule has 0 saturated heterocycles. The third-order valence-electron chi connectivity index (χ3n) is 3.83. The van der Waals surface area contributed by atoms with Crippen LogP contribution >= 0.6 is 0 Å². The fraction of sp³-hybridized carbons (Fsp3) is 0.350. The molecule has 0 saturated carbocycles. The summed E-state index contributed by atoms with van der Waals surface area (Å²) in [5.74, 6) is -0.108. The van der Waals surface area contributed by atoms with Gasteiger partial charge in [-0.05, 0) is 50.7 Å². The number of hydrogen-bond donors (Lipinski definition) is 2. The first-order chi connectivity index (χ1) is 11.5. The van der Waals surface area contributed by atoms with E-state index in [1.807, 2.05) is 75.6 Å². The van der Waals surface area contributed by atoms with Gasteiger partial charge in [0.25, 0.3) is 5.91 Å². The minimum Gasteiger partial charge on any atom is -0.388 e. The van der Waals surface area contributed by atoms with Gasteiger partial charge in [0.2, 0.25) is 0 Å². The van der Waals surface area contributed by atoms with Crippen molar-refractivity contribution in [3.8, 4) is 0 Å². The number of rotatable bonds is 7. The molecular formula is C20H26N2O2. The van der Waals surface area contributed by atoms with Crippen LogP contribution < -0.4 is 5.32 Å². The molecule has 1 amide bonds. The fourth-order valence-electron chi connectivity index (χ4n) is 2.69. The monoisotopic (exact) mass is 326 g/mol. The number of nitrogens with one attached hydrogen (secondary N) is 1. The zero-order chi connectivity index (χ0) is 17.5. The summed E-state index contributed by atoms with van der Waals surface area (Å²) < 4.78 is 0. The Bertz CT molecular complexity index is 656. The Hall–Kier alpha value is -2.17. The molecule has 4 nitrogen and oxygen atoms in total. The van der Waals surface area contributed by atoms with Crippen molar-refractivity contribution in [2.24, 2.45) is 0 Å². The summed E-state index contributed by atoms with van der Waals surface area (Å²) in [6, 6.07) is 17.0. The molecule has 2 unspecified atom stereocenters. The van der Waals surface area contributed by atoms with Crippen LogP contribution in [-0.2, 0) is 6.54 Å². The van der Waals surface area contributed by atoms with Crippen LogP contribution in [0.25, 0.3) is 0 Å². The Morgan fingerprint density at radius 2 is 1.83 bits per heavy atom. The molecule has 24 heavy (non-hydrogen) atoms. The highest BCUT2D eigenvalue weighted by atomic mass is 16.3. The van der Waals surface area contributed by atoms with E-state index in [-0.39, 0.29) is 11.9 Å². The van der Waals surface area contributed by atoms with Crippen molar-refractivity contribution in [3.63, 3.8) is 0 Å². The highest BCUT2D eigenvalue weighted by Crippen LogP contribution is 2.18. The molecule has 2 atom stereocenters. The van der Waals surface area contributed by atoms with E-state index >= 15 is 0 Å². The fourth-order valence-corrected chi connectivity index (χ4v) is 2.69. The highest BCUT2D eigenvalue weighted by molar-refractivity contribution is 5.94. The van der Waals surface area contributed by atoms with Gasteiger partial charge in [-0.2, -0.15) is 0 Å². The Morgan fingerprint density at radius 1 is 1.12 bits per heavy atom. The van der Waals surface area contributed by atoms with Crippen molar-refractivity contribution in [3.05, 3.63) is 71.3 Å². The van der Waals surface area contributed by atoms with E-state index in [4.69, 9.17) is 0 Å². The molecule has 0 aliphatic rings. The van der Waals surface area contributed by atoms with E-state index in [1.54, 1.807) is 0 Å². The maximum atomic E-state index is 12.4. The second-order valence-corrected chi connectivity index (χ2v) is 6.47. The van der Waals surface area contributed by atoms with Crippen LogP contribution in [0, 0.1) is 0 Å². The Morgan fingerprint density at radius 3 is 2.50 bits per heavy atom. The van der Waals surface area contributed by atoms with Crippen molar-refractivity contribution in [2.45, 2.75) is 32.0 Å². The van der Waals surface area contributed by atoms with Crippen LogP contribution in [0.2, 0.25) is 0 Å². The molecule has 128 valence electrons. The van der Waals surface area contributed by atoms with Gasteiger partial charge in [-0.3, -0.25) is 4.79 Å². The third-order valence-corrected chi connectivity index (χ3v) is 3.83. The molecule has 0 spiro atoms. The van der Waals surface area contributed by atoms with Gasteiger partial charge in [0, 0.05) is 18.2 Å². The topological polar surface area (TPSA) is 52.6 Å². The van der Waals surface area contributed by atoms with Crippen molar-refractivity contribution in [1.29, 1.82) is 0 Å². The van der Waals surface area contributed by atoms with E-state index in [0.717, 1.165) is 17.7 Å². The average Bonchev–Trinajstić information content (AvgIpc) is 2.55. The number of hydrogen-bond acceptors (Lipinski definition) is 3. The maximum Gasteiger partial charge on any atom is 0.251 e. The molecule has 0 aliphatic carbocycles. The summed E-state index contributed by atoms with van der Waals surface area (Å²) in [6.45, 7) is 2.71. The zero-order valence-electron chi connectivity index (χ0n) is 14.6. The molecule has 2 N–H and O–H groups in total.